The lowest BCUT2D eigenvalue weighted by molar-refractivity contribution is -0.141. The number of halogens is 3. The van der Waals surface area contributed by atoms with Gasteiger partial charge in [-0.15, -0.1) is 0 Å². The number of pyridine rings is 1. The van der Waals surface area contributed by atoms with Crippen LogP contribution >= 0.6 is 0 Å². The first-order valence-electron chi connectivity index (χ1n) is 13.8. The number of rotatable bonds is 2. The molecule has 1 aromatic carbocycles. The molecule has 4 N–H and O–H groups in total. The molecule has 4 aromatic rings. The summed E-state index contributed by atoms with van der Waals surface area (Å²) in [5, 5.41) is 7.58. The van der Waals surface area contributed by atoms with Gasteiger partial charge in [-0.25, -0.2) is 4.98 Å². The number of aromatic nitrogens is 5. The lowest BCUT2D eigenvalue weighted by atomic mass is 9.73. The zero-order chi connectivity index (χ0) is 28.7. The third-order valence-corrected chi connectivity index (χ3v) is 9.26. The van der Waals surface area contributed by atoms with Gasteiger partial charge in [0.2, 0.25) is 5.95 Å². The van der Waals surface area contributed by atoms with E-state index >= 15 is 0 Å². The first-order valence-corrected chi connectivity index (χ1v) is 13.8. The summed E-state index contributed by atoms with van der Waals surface area (Å²) in [4.78, 5) is 27.2. The average molecular weight is 562 g/mol. The molecule has 0 amide bonds. The Hall–Kier alpha value is -3.99. The van der Waals surface area contributed by atoms with Crippen LogP contribution in [0.5, 0.6) is 0 Å². The second kappa shape index (κ2) is 8.75. The Bertz CT molecular complexity index is 1780. The minimum Gasteiger partial charge on any atom is -0.342 e. The fraction of sp³-hybridized carbons (Fsp3) is 0.400. The normalized spacial score (nSPS) is 21.2. The first-order chi connectivity index (χ1) is 19.5. The highest BCUT2D eigenvalue weighted by Gasteiger charge is 2.46. The predicted octanol–water partition coefficient (Wildman–Crippen LogP) is 5.02. The maximum atomic E-state index is 13.4. The first kappa shape index (κ1) is 25.9. The van der Waals surface area contributed by atoms with Gasteiger partial charge in [-0.3, -0.25) is 14.9 Å². The Kier molecular flexibility index (Phi) is 5.54. The summed E-state index contributed by atoms with van der Waals surface area (Å²) in [6, 6.07) is 10.8. The molecule has 1 aliphatic heterocycles. The molecule has 3 aromatic heterocycles. The number of hydrogen-bond donors (Lipinski definition) is 3. The highest BCUT2D eigenvalue weighted by Crippen LogP contribution is 2.51. The maximum Gasteiger partial charge on any atom is 0.433 e. The van der Waals surface area contributed by atoms with Crippen LogP contribution in [0.1, 0.15) is 72.9 Å². The molecule has 7 rings (SSSR count). The van der Waals surface area contributed by atoms with Gasteiger partial charge in [-0.2, -0.15) is 23.3 Å². The van der Waals surface area contributed by atoms with Crippen molar-refractivity contribution in [3.8, 4) is 0 Å². The van der Waals surface area contributed by atoms with Crippen LogP contribution in [0.3, 0.4) is 0 Å². The summed E-state index contributed by atoms with van der Waals surface area (Å²) >= 11 is 0. The van der Waals surface area contributed by atoms with Gasteiger partial charge < -0.3 is 10.6 Å². The van der Waals surface area contributed by atoms with E-state index in [9.17, 15) is 18.0 Å². The lowest BCUT2D eigenvalue weighted by Crippen LogP contribution is -2.45. The molecule has 1 fully saturated rings. The van der Waals surface area contributed by atoms with Crippen molar-refractivity contribution in [3.63, 3.8) is 0 Å². The monoisotopic (exact) mass is 561 g/mol. The molecule has 8 nitrogen and oxygen atoms in total. The van der Waals surface area contributed by atoms with Gasteiger partial charge in [0.05, 0.1) is 5.69 Å². The molecule has 0 saturated carbocycles. The van der Waals surface area contributed by atoms with E-state index in [-0.39, 0.29) is 22.4 Å². The van der Waals surface area contributed by atoms with E-state index in [2.05, 4.69) is 43.3 Å². The summed E-state index contributed by atoms with van der Waals surface area (Å²) in [6.07, 6.45) is 0.522. The summed E-state index contributed by atoms with van der Waals surface area (Å²) in [5.74, 6) is 0.465. The molecule has 0 unspecified atom stereocenters. The van der Waals surface area contributed by atoms with E-state index in [0.29, 0.717) is 53.6 Å². The zero-order valence-corrected chi connectivity index (χ0v) is 22.8. The summed E-state index contributed by atoms with van der Waals surface area (Å²) in [6.45, 7) is 5.13. The number of allylic oxidation sites excluding steroid dienone is 1. The molecule has 0 radical (unpaired) electrons. The summed E-state index contributed by atoms with van der Waals surface area (Å²) in [7, 11) is 0. The number of anilines is 1. The fourth-order valence-corrected chi connectivity index (χ4v) is 6.88. The molecule has 4 heterocycles. The molecule has 11 heteroatoms. The minimum absolute atomic E-state index is 0.000377. The largest absolute Gasteiger partial charge is 0.433 e. The molecular formula is C30H30F3N7O. The van der Waals surface area contributed by atoms with Crippen LogP contribution in [-0.2, 0) is 18.0 Å². The summed E-state index contributed by atoms with van der Waals surface area (Å²) < 4.78 is 40.3. The van der Waals surface area contributed by atoms with Crippen LogP contribution in [-0.4, -0.2) is 38.2 Å². The number of benzene rings is 1. The summed E-state index contributed by atoms with van der Waals surface area (Å²) in [5.41, 5.74) is 9.47. The molecule has 3 aliphatic rings. The topological polar surface area (TPSA) is 117 Å². The number of nitrogens with two attached hydrogens (primary N) is 1. The number of H-pyrrole nitrogens is 2. The van der Waals surface area contributed by atoms with E-state index in [4.69, 9.17) is 10.7 Å². The van der Waals surface area contributed by atoms with Crippen molar-refractivity contribution in [1.29, 1.82) is 0 Å². The Morgan fingerprint density at radius 1 is 1.07 bits per heavy atom. The van der Waals surface area contributed by atoms with Crippen molar-refractivity contribution in [1.82, 2.24) is 25.1 Å². The Balaban J connectivity index is 1.19. The van der Waals surface area contributed by atoms with Crippen LogP contribution in [0.25, 0.3) is 16.6 Å². The highest BCUT2D eigenvalue weighted by molar-refractivity contribution is 5.94. The molecule has 1 spiro atoms. The molecule has 212 valence electrons. The number of hydrogen-bond acceptors (Lipinski definition) is 6. The fourth-order valence-electron chi connectivity index (χ4n) is 6.88. The van der Waals surface area contributed by atoms with E-state index in [0.717, 1.165) is 25.3 Å². The number of nitrogens with one attached hydrogen (secondary N) is 2. The molecular weight excluding hydrogens is 531 g/mol. The Morgan fingerprint density at radius 3 is 2.56 bits per heavy atom. The van der Waals surface area contributed by atoms with Crippen molar-refractivity contribution in [2.45, 2.75) is 57.2 Å². The smallest absolute Gasteiger partial charge is 0.342 e. The van der Waals surface area contributed by atoms with Gasteiger partial charge in [0.1, 0.15) is 16.8 Å². The number of nitrogens with zero attached hydrogens (tertiary/aromatic N) is 4. The van der Waals surface area contributed by atoms with E-state index in [1.54, 1.807) is 0 Å². The molecule has 1 saturated heterocycles. The van der Waals surface area contributed by atoms with Crippen LogP contribution < -0.4 is 16.2 Å². The van der Waals surface area contributed by atoms with E-state index in [1.165, 1.54) is 17.2 Å². The van der Waals surface area contributed by atoms with Gasteiger partial charge in [-0.05, 0) is 48.3 Å². The van der Waals surface area contributed by atoms with Gasteiger partial charge >= 0.3 is 6.18 Å². The SMILES string of the molecule is CC1(C)CC=C(c2n[nH]c3nc(N4CCC5(CC4)Cc4ccccc4[C@H]5N)[nH]c(=O)c23)c2ccc(C(F)(F)F)nc21. The Labute approximate surface area is 233 Å². The number of fused-ring (bicyclic) bond motifs is 3. The molecule has 41 heavy (non-hydrogen) atoms. The van der Waals surface area contributed by atoms with Crippen molar-refractivity contribution in [2.24, 2.45) is 11.1 Å². The lowest BCUT2D eigenvalue weighted by Gasteiger charge is -2.42. The average Bonchev–Trinajstić information content (AvgIpc) is 3.48. The van der Waals surface area contributed by atoms with Gasteiger partial charge in [0.25, 0.3) is 5.56 Å². The van der Waals surface area contributed by atoms with Gasteiger partial charge in [0, 0.05) is 35.7 Å². The van der Waals surface area contributed by atoms with Crippen molar-refractivity contribution in [3.05, 3.63) is 86.6 Å². The van der Waals surface area contributed by atoms with Crippen molar-refractivity contribution < 1.29 is 13.2 Å². The maximum absolute atomic E-state index is 13.4. The zero-order valence-electron chi connectivity index (χ0n) is 22.8. The third kappa shape index (κ3) is 4.00. The quantitative estimate of drug-likeness (QED) is 0.317. The van der Waals surface area contributed by atoms with Crippen molar-refractivity contribution >= 4 is 22.6 Å². The number of aromatic amines is 2. The second-order valence-corrected chi connectivity index (χ2v) is 12.2. The van der Waals surface area contributed by atoms with Crippen LogP contribution in [0, 0.1) is 5.41 Å². The standard InChI is InChI=1S/C30H30F3N7O/c1-28(2)10-9-18(19-7-8-20(30(31,32)33)35-24(19)28)22-21-25(39-38-22)36-27(37-26(21)41)40-13-11-29(12-14-40)15-16-5-3-4-6-17(16)23(29)34/h3-9,23H,10-15,34H2,1-2H3,(H2,36,37,38,39,41)/t23-/m1/s1. The highest BCUT2D eigenvalue weighted by atomic mass is 19.4. The number of piperidine rings is 1. The van der Waals surface area contributed by atoms with Crippen molar-refractivity contribution in [2.75, 3.05) is 18.0 Å². The van der Waals surface area contributed by atoms with Gasteiger partial charge in [0.15, 0.2) is 5.65 Å². The van der Waals surface area contributed by atoms with E-state index in [1.807, 2.05) is 26.0 Å². The minimum atomic E-state index is -4.55. The second-order valence-electron chi connectivity index (χ2n) is 12.2. The third-order valence-electron chi connectivity index (χ3n) is 9.26. The van der Waals surface area contributed by atoms with Crippen LogP contribution in [0.4, 0.5) is 19.1 Å². The van der Waals surface area contributed by atoms with Crippen LogP contribution in [0.15, 0.2) is 47.3 Å². The Morgan fingerprint density at radius 2 is 1.83 bits per heavy atom. The van der Waals surface area contributed by atoms with Gasteiger partial charge in [-0.1, -0.05) is 50.3 Å². The predicted molar refractivity (Wildman–Crippen MR) is 149 cm³/mol. The van der Waals surface area contributed by atoms with Crippen LogP contribution in [0.2, 0.25) is 0 Å². The number of alkyl halides is 3. The molecule has 2 aliphatic carbocycles. The molecule has 0 bridgehead atoms. The molecule has 1 atom stereocenters. The van der Waals surface area contributed by atoms with E-state index < -0.39 is 17.3 Å².